The van der Waals surface area contributed by atoms with Crippen molar-refractivity contribution in [2.24, 2.45) is 11.8 Å². The van der Waals surface area contributed by atoms with E-state index in [1.807, 2.05) is 43.3 Å². The lowest BCUT2D eigenvalue weighted by molar-refractivity contribution is 0.0871. The molecule has 104 valence electrons. The first-order chi connectivity index (χ1) is 9.11. The van der Waals surface area contributed by atoms with E-state index in [1.54, 1.807) is 0 Å². The highest BCUT2D eigenvalue weighted by Gasteiger charge is 2.26. The van der Waals surface area contributed by atoms with Crippen molar-refractivity contribution in [3.63, 3.8) is 0 Å². The highest BCUT2D eigenvalue weighted by molar-refractivity contribution is 5.98. The fourth-order valence-electron chi connectivity index (χ4n) is 3.01. The molecular weight excluding hydrogens is 234 g/mol. The number of hydrogen-bond donors (Lipinski definition) is 0. The zero-order chi connectivity index (χ0) is 13.8. The molecular formula is C17H25NO. The molecule has 1 aromatic rings. The third-order valence-corrected chi connectivity index (χ3v) is 4.44. The summed E-state index contributed by atoms with van der Waals surface area (Å²) < 4.78 is 0. The third-order valence-electron chi connectivity index (χ3n) is 4.44. The van der Waals surface area contributed by atoms with Gasteiger partial charge in [-0.25, -0.2) is 0 Å². The van der Waals surface area contributed by atoms with Crippen LogP contribution in [-0.2, 0) is 0 Å². The second-order valence-electron chi connectivity index (χ2n) is 5.93. The van der Waals surface area contributed by atoms with Gasteiger partial charge < -0.3 is 4.90 Å². The molecule has 0 saturated heterocycles. The van der Waals surface area contributed by atoms with Crippen molar-refractivity contribution < 1.29 is 4.79 Å². The summed E-state index contributed by atoms with van der Waals surface area (Å²) in [5, 5.41) is 0. The number of nitrogens with zero attached hydrogens (tertiary/aromatic N) is 1. The minimum atomic E-state index is 0.250. The van der Waals surface area contributed by atoms with Gasteiger partial charge in [0.1, 0.15) is 0 Å². The Balaban J connectivity index is 2.06. The molecule has 0 amide bonds. The summed E-state index contributed by atoms with van der Waals surface area (Å²) in [6.45, 7) is 2.26. The van der Waals surface area contributed by atoms with Crippen molar-refractivity contribution in [2.45, 2.75) is 39.0 Å². The van der Waals surface area contributed by atoms with Crippen molar-refractivity contribution in [3.8, 4) is 0 Å². The van der Waals surface area contributed by atoms with E-state index in [1.165, 1.54) is 19.3 Å². The van der Waals surface area contributed by atoms with Gasteiger partial charge >= 0.3 is 0 Å². The smallest absolute Gasteiger partial charge is 0.166 e. The van der Waals surface area contributed by atoms with Gasteiger partial charge in [0.15, 0.2) is 5.78 Å². The van der Waals surface area contributed by atoms with Crippen LogP contribution in [0.5, 0.6) is 0 Å². The summed E-state index contributed by atoms with van der Waals surface area (Å²) in [5.41, 5.74) is 1.99. The van der Waals surface area contributed by atoms with E-state index < -0.39 is 0 Å². The molecule has 0 N–H and O–H groups in total. The summed E-state index contributed by atoms with van der Waals surface area (Å²) in [6, 6.07) is 8.01. The molecule has 1 saturated carbocycles. The van der Waals surface area contributed by atoms with Gasteiger partial charge in [-0.1, -0.05) is 25.5 Å². The molecule has 1 aliphatic rings. The van der Waals surface area contributed by atoms with E-state index in [9.17, 15) is 4.79 Å². The normalized spacial score (nSPS) is 23.1. The first kappa shape index (κ1) is 14.1. The summed E-state index contributed by atoms with van der Waals surface area (Å²) in [5.74, 6) is 1.44. The number of ketones is 1. The number of anilines is 1. The molecule has 0 radical (unpaired) electrons. The van der Waals surface area contributed by atoms with Crippen molar-refractivity contribution >= 4 is 11.5 Å². The first-order valence-corrected chi connectivity index (χ1v) is 7.43. The van der Waals surface area contributed by atoms with Gasteiger partial charge in [-0.3, -0.25) is 4.79 Å². The van der Waals surface area contributed by atoms with E-state index >= 15 is 0 Å². The Morgan fingerprint density at radius 3 is 2.47 bits per heavy atom. The van der Waals surface area contributed by atoms with Crippen LogP contribution in [0.4, 0.5) is 5.69 Å². The largest absolute Gasteiger partial charge is 0.378 e. The van der Waals surface area contributed by atoms with Crippen LogP contribution in [0.2, 0.25) is 0 Å². The number of hydrogen-bond acceptors (Lipinski definition) is 2. The maximum Gasteiger partial charge on any atom is 0.166 e. The standard InChI is InChI=1S/C17H25NO/c1-4-13-8-10-14(11-9-13)17(19)15-6-5-7-16(12-15)18(2)3/h5-7,12-14H,4,8-11H2,1-3H3. The Morgan fingerprint density at radius 2 is 1.89 bits per heavy atom. The molecule has 0 heterocycles. The van der Waals surface area contributed by atoms with Gasteiger partial charge in [0.2, 0.25) is 0 Å². The van der Waals surface area contributed by atoms with E-state index in [0.717, 1.165) is 30.0 Å². The molecule has 19 heavy (non-hydrogen) atoms. The highest BCUT2D eigenvalue weighted by Crippen LogP contribution is 2.32. The van der Waals surface area contributed by atoms with Crippen molar-refractivity contribution in [1.82, 2.24) is 0 Å². The van der Waals surface area contributed by atoms with Crippen LogP contribution >= 0.6 is 0 Å². The number of Topliss-reactive ketones (excluding diaryl/α,β-unsaturated/α-hetero) is 1. The monoisotopic (exact) mass is 259 g/mol. The molecule has 0 unspecified atom stereocenters. The number of carbonyl (C=O) groups excluding carboxylic acids is 1. The molecule has 0 spiro atoms. The Kier molecular flexibility index (Phi) is 4.62. The zero-order valence-electron chi connectivity index (χ0n) is 12.4. The van der Waals surface area contributed by atoms with E-state index in [2.05, 4.69) is 6.92 Å². The fourth-order valence-corrected chi connectivity index (χ4v) is 3.01. The van der Waals surface area contributed by atoms with Gasteiger partial charge in [0.25, 0.3) is 0 Å². The van der Waals surface area contributed by atoms with Crippen molar-refractivity contribution in [3.05, 3.63) is 29.8 Å². The Labute approximate surface area is 116 Å². The van der Waals surface area contributed by atoms with Crippen LogP contribution in [0.3, 0.4) is 0 Å². The summed E-state index contributed by atoms with van der Waals surface area (Å²) >= 11 is 0. The number of benzene rings is 1. The van der Waals surface area contributed by atoms with E-state index in [-0.39, 0.29) is 5.92 Å². The molecule has 1 aliphatic carbocycles. The Morgan fingerprint density at radius 1 is 1.21 bits per heavy atom. The summed E-state index contributed by atoms with van der Waals surface area (Å²) in [7, 11) is 4.02. The molecule has 0 aliphatic heterocycles. The molecule has 0 atom stereocenters. The highest BCUT2D eigenvalue weighted by atomic mass is 16.1. The molecule has 2 nitrogen and oxygen atoms in total. The molecule has 2 rings (SSSR count). The van der Waals surface area contributed by atoms with Crippen LogP contribution < -0.4 is 4.90 Å². The van der Waals surface area contributed by atoms with Crippen molar-refractivity contribution in [1.29, 1.82) is 0 Å². The van der Waals surface area contributed by atoms with Crippen LogP contribution in [-0.4, -0.2) is 19.9 Å². The second-order valence-corrected chi connectivity index (χ2v) is 5.93. The lowest BCUT2D eigenvalue weighted by Crippen LogP contribution is -2.22. The first-order valence-electron chi connectivity index (χ1n) is 7.43. The van der Waals surface area contributed by atoms with Gasteiger partial charge in [-0.05, 0) is 43.7 Å². The maximum atomic E-state index is 12.6. The van der Waals surface area contributed by atoms with E-state index in [4.69, 9.17) is 0 Å². The SMILES string of the molecule is CCC1CCC(C(=O)c2cccc(N(C)C)c2)CC1. The van der Waals surface area contributed by atoms with Gasteiger partial charge in [0.05, 0.1) is 0 Å². The molecule has 2 heteroatoms. The topological polar surface area (TPSA) is 20.3 Å². The number of carbonyl (C=O) groups is 1. The van der Waals surface area contributed by atoms with E-state index in [0.29, 0.717) is 5.78 Å². The van der Waals surface area contributed by atoms with Crippen molar-refractivity contribution in [2.75, 3.05) is 19.0 Å². The van der Waals surface area contributed by atoms with Crippen LogP contribution in [0.25, 0.3) is 0 Å². The number of rotatable bonds is 4. The minimum Gasteiger partial charge on any atom is -0.378 e. The lowest BCUT2D eigenvalue weighted by Gasteiger charge is -2.27. The van der Waals surface area contributed by atoms with Gasteiger partial charge in [0, 0.05) is 31.3 Å². The molecule has 0 bridgehead atoms. The fraction of sp³-hybridized carbons (Fsp3) is 0.588. The molecule has 1 fully saturated rings. The third kappa shape index (κ3) is 3.37. The van der Waals surface area contributed by atoms with Crippen LogP contribution in [0.15, 0.2) is 24.3 Å². The zero-order valence-corrected chi connectivity index (χ0v) is 12.4. The minimum absolute atomic E-state index is 0.250. The summed E-state index contributed by atoms with van der Waals surface area (Å²) in [6.07, 6.45) is 5.85. The maximum absolute atomic E-state index is 12.6. The summed E-state index contributed by atoms with van der Waals surface area (Å²) in [4.78, 5) is 14.6. The van der Waals surface area contributed by atoms with Gasteiger partial charge in [-0.2, -0.15) is 0 Å². The predicted molar refractivity (Wildman–Crippen MR) is 80.8 cm³/mol. The predicted octanol–water partition coefficient (Wildman–Crippen LogP) is 4.15. The van der Waals surface area contributed by atoms with Crippen LogP contribution in [0, 0.1) is 11.8 Å². The average molecular weight is 259 g/mol. The average Bonchev–Trinajstić information content (AvgIpc) is 2.46. The van der Waals surface area contributed by atoms with Gasteiger partial charge in [-0.15, -0.1) is 0 Å². The quantitative estimate of drug-likeness (QED) is 0.757. The van der Waals surface area contributed by atoms with Crippen LogP contribution in [0.1, 0.15) is 49.4 Å². The second kappa shape index (κ2) is 6.23. The Bertz CT molecular complexity index is 431. The lowest BCUT2D eigenvalue weighted by atomic mass is 9.78. The Hall–Kier alpha value is -1.31. The molecule has 1 aromatic carbocycles. The molecule has 0 aromatic heterocycles.